The van der Waals surface area contributed by atoms with Crippen LogP contribution in [0, 0.1) is 12.3 Å². The fourth-order valence-electron chi connectivity index (χ4n) is 6.21. The summed E-state index contributed by atoms with van der Waals surface area (Å²) in [6, 6.07) is 4.27. The van der Waals surface area contributed by atoms with Crippen LogP contribution in [0.1, 0.15) is 70.8 Å². The highest BCUT2D eigenvalue weighted by Crippen LogP contribution is 2.55. The third-order valence-corrected chi connectivity index (χ3v) is 8.77. The van der Waals surface area contributed by atoms with Crippen molar-refractivity contribution < 1.29 is 14.3 Å². The van der Waals surface area contributed by atoms with Crippen molar-refractivity contribution in [3.8, 4) is 11.1 Å². The SMILES string of the molecule is Cc1c(-c2c(Cl)ccc3c2cnn3C2CCCCO2)c(Br)nn1C1CC2(C1)CN(C(=O)OC(C)(C)C)C2. The lowest BCUT2D eigenvalue weighted by Gasteiger charge is -2.58. The van der Waals surface area contributed by atoms with Crippen molar-refractivity contribution >= 4 is 44.5 Å². The van der Waals surface area contributed by atoms with E-state index in [1.807, 2.05) is 48.7 Å². The molecule has 4 heterocycles. The minimum Gasteiger partial charge on any atom is -0.444 e. The second-order valence-corrected chi connectivity index (χ2v) is 13.0. The van der Waals surface area contributed by atoms with Crippen molar-refractivity contribution in [2.75, 3.05) is 19.7 Å². The predicted molar refractivity (Wildman–Crippen MR) is 146 cm³/mol. The summed E-state index contributed by atoms with van der Waals surface area (Å²) in [4.78, 5) is 14.2. The van der Waals surface area contributed by atoms with E-state index in [1.165, 1.54) is 0 Å². The van der Waals surface area contributed by atoms with Gasteiger partial charge in [0.05, 0.1) is 17.8 Å². The standard InChI is InChI=1S/C27H33BrClN5O3/c1-16-22(23-18-13-30-34(20(18)9-8-19(23)29)21-7-5-6-10-36-21)24(28)31-33(16)17-11-27(12-17)14-32(15-27)25(35)37-26(2,3)4/h8-9,13,17,21H,5-7,10-12,14-15H2,1-4H3. The first-order valence-electron chi connectivity index (χ1n) is 13.1. The lowest BCUT2D eigenvalue weighted by molar-refractivity contribution is -0.0931. The molecule has 0 bridgehead atoms. The molecule has 2 aromatic heterocycles. The molecule has 1 unspecified atom stereocenters. The molecule has 1 aromatic carbocycles. The van der Waals surface area contributed by atoms with Gasteiger partial charge in [0, 0.05) is 52.3 Å². The van der Waals surface area contributed by atoms with E-state index >= 15 is 0 Å². The van der Waals surface area contributed by atoms with E-state index in [1.54, 1.807) is 0 Å². The number of hydrogen-bond acceptors (Lipinski definition) is 5. The maximum Gasteiger partial charge on any atom is 0.410 e. The number of ether oxygens (including phenoxy) is 2. The Balaban J connectivity index is 1.23. The molecule has 3 aromatic rings. The Morgan fingerprint density at radius 2 is 1.95 bits per heavy atom. The number of hydrogen-bond donors (Lipinski definition) is 0. The summed E-state index contributed by atoms with van der Waals surface area (Å²) in [6.45, 7) is 10.1. The third-order valence-electron chi connectivity index (χ3n) is 7.90. The van der Waals surface area contributed by atoms with Gasteiger partial charge in [-0.05, 0) is 87.9 Å². The van der Waals surface area contributed by atoms with Gasteiger partial charge >= 0.3 is 6.09 Å². The first-order chi connectivity index (χ1) is 17.6. The highest BCUT2D eigenvalue weighted by Gasteiger charge is 2.55. The second kappa shape index (κ2) is 8.99. The fraction of sp³-hybridized carbons (Fsp3) is 0.593. The van der Waals surface area contributed by atoms with E-state index < -0.39 is 5.60 Å². The molecule has 6 rings (SSSR count). The van der Waals surface area contributed by atoms with Gasteiger partial charge in [0.1, 0.15) is 10.2 Å². The van der Waals surface area contributed by atoms with Gasteiger partial charge < -0.3 is 14.4 Å². The summed E-state index contributed by atoms with van der Waals surface area (Å²) in [5.41, 5.74) is 3.75. The van der Waals surface area contributed by atoms with E-state index in [0.29, 0.717) is 11.1 Å². The van der Waals surface area contributed by atoms with E-state index in [-0.39, 0.29) is 17.7 Å². The molecule has 1 atom stereocenters. The Kier molecular flexibility index (Phi) is 6.12. The molecule has 1 aliphatic carbocycles. The molecule has 2 aliphatic heterocycles. The average molecular weight is 591 g/mol. The fourth-order valence-corrected chi connectivity index (χ4v) is 7.12. The van der Waals surface area contributed by atoms with Crippen LogP contribution in [0.4, 0.5) is 4.79 Å². The van der Waals surface area contributed by atoms with E-state index in [0.717, 1.165) is 84.1 Å². The van der Waals surface area contributed by atoms with E-state index in [2.05, 4.69) is 27.5 Å². The summed E-state index contributed by atoms with van der Waals surface area (Å²) in [6.07, 6.45) is 6.83. The highest BCUT2D eigenvalue weighted by atomic mass is 79.9. The predicted octanol–water partition coefficient (Wildman–Crippen LogP) is 6.90. The first-order valence-corrected chi connectivity index (χ1v) is 14.2. The minimum absolute atomic E-state index is 0.0403. The Morgan fingerprint density at radius 1 is 1.19 bits per heavy atom. The summed E-state index contributed by atoms with van der Waals surface area (Å²) in [7, 11) is 0. The molecular formula is C27H33BrClN5O3. The van der Waals surface area contributed by atoms with Crippen molar-refractivity contribution in [2.24, 2.45) is 5.41 Å². The molecule has 3 aliphatic rings. The summed E-state index contributed by atoms with van der Waals surface area (Å²) < 4.78 is 16.4. The number of rotatable bonds is 3. The molecule has 0 N–H and O–H groups in total. The maximum atomic E-state index is 12.4. The summed E-state index contributed by atoms with van der Waals surface area (Å²) in [5, 5.41) is 11.3. The lowest BCUT2D eigenvalue weighted by atomic mass is 9.61. The zero-order valence-corrected chi connectivity index (χ0v) is 24.1. The van der Waals surface area contributed by atoms with Crippen LogP contribution < -0.4 is 0 Å². The monoisotopic (exact) mass is 589 g/mol. The topological polar surface area (TPSA) is 74.4 Å². The Bertz CT molecular complexity index is 1360. The quantitative estimate of drug-likeness (QED) is 0.332. The Labute approximate surface area is 230 Å². The van der Waals surface area contributed by atoms with Gasteiger partial charge in [0.15, 0.2) is 6.23 Å². The van der Waals surface area contributed by atoms with Crippen LogP contribution in [0.25, 0.3) is 22.0 Å². The smallest absolute Gasteiger partial charge is 0.410 e. The maximum absolute atomic E-state index is 12.4. The van der Waals surface area contributed by atoms with Crippen LogP contribution in [0.5, 0.6) is 0 Å². The van der Waals surface area contributed by atoms with Crippen molar-refractivity contribution in [1.82, 2.24) is 24.5 Å². The Hall–Kier alpha value is -2.10. The van der Waals surface area contributed by atoms with Gasteiger partial charge in [0.2, 0.25) is 0 Å². The van der Waals surface area contributed by atoms with Crippen molar-refractivity contribution in [1.29, 1.82) is 0 Å². The van der Waals surface area contributed by atoms with Gasteiger partial charge in [-0.3, -0.25) is 4.68 Å². The number of fused-ring (bicyclic) bond motifs is 1. The average Bonchev–Trinajstić information content (AvgIpc) is 3.33. The molecular weight excluding hydrogens is 558 g/mol. The number of amides is 1. The van der Waals surface area contributed by atoms with Crippen molar-refractivity contribution in [3.63, 3.8) is 0 Å². The number of likely N-dealkylation sites (tertiary alicyclic amines) is 1. The van der Waals surface area contributed by atoms with Gasteiger partial charge in [-0.2, -0.15) is 10.2 Å². The van der Waals surface area contributed by atoms with E-state index in [9.17, 15) is 4.79 Å². The summed E-state index contributed by atoms with van der Waals surface area (Å²) >= 11 is 10.5. The van der Waals surface area contributed by atoms with E-state index in [4.69, 9.17) is 31.3 Å². The number of aromatic nitrogens is 4. The van der Waals surface area contributed by atoms with Crippen LogP contribution in [0.3, 0.4) is 0 Å². The normalized spacial score (nSPS) is 21.8. The van der Waals surface area contributed by atoms with Gasteiger partial charge in [0.25, 0.3) is 0 Å². The van der Waals surface area contributed by atoms with Crippen LogP contribution in [0.2, 0.25) is 5.02 Å². The summed E-state index contributed by atoms with van der Waals surface area (Å²) in [5.74, 6) is 0. The zero-order chi connectivity index (χ0) is 26.1. The molecule has 1 saturated carbocycles. The largest absolute Gasteiger partial charge is 0.444 e. The van der Waals surface area contributed by atoms with Gasteiger partial charge in [-0.25, -0.2) is 9.48 Å². The van der Waals surface area contributed by atoms with Crippen LogP contribution in [0.15, 0.2) is 22.9 Å². The lowest BCUT2D eigenvalue weighted by Crippen LogP contribution is -2.64. The second-order valence-electron chi connectivity index (χ2n) is 11.9. The van der Waals surface area contributed by atoms with Crippen LogP contribution in [-0.2, 0) is 9.47 Å². The minimum atomic E-state index is -0.471. The third kappa shape index (κ3) is 4.36. The highest BCUT2D eigenvalue weighted by molar-refractivity contribution is 9.10. The molecule has 10 heteroatoms. The van der Waals surface area contributed by atoms with Gasteiger partial charge in [-0.15, -0.1) is 0 Å². The van der Waals surface area contributed by atoms with Crippen molar-refractivity contribution in [3.05, 3.63) is 33.6 Å². The molecule has 1 amide bonds. The van der Waals surface area contributed by atoms with Gasteiger partial charge in [-0.1, -0.05) is 11.6 Å². The molecule has 3 fully saturated rings. The molecule has 37 heavy (non-hydrogen) atoms. The Morgan fingerprint density at radius 3 is 2.62 bits per heavy atom. The number of carbonyl (C=O) groups is 1. The number of nitrogens with zero attached hydrogens (tertiary/aromatic N) is 5. The number of carbonyl (C=O) groups excluding carboxylic acids is 1. The van der Waals surface area contributed by atoms with Crippen LogP contribution in [-0.4, -0.2) is 55.9 Å². The zero-order valence-electron chi connectivity index (χ0n) is 21.8. The van der Waals surface area contributed by atoms with Crippen LogP contribution >= 0.6 is 27.5 Å². The molecule has 2 saturated heterocycles. The molecule has 0 radical (unpaired) electrons. The number of benzene rings is 1. The molecule has 1 spiro atoms. The number of halogens is 2. The first kappa shape index (κ1) is 25.2. The molecule has 198 valence electrons. The van der Waals surface area contributed by atoms with Crippen molar-refractivity contribution in [2.45, 2.75) is 77.7 Å². The molecule has 8 nitrogen and oxygen atoms in total.